The van der Waals surface area contributed by atoms with Gasteiger partial charge in [0.05, 0.1) is 22.7 Å². The van der Waals surface area contributed by atoms with E-state index >= 15 is 0 Å². The van der Waals surface area contributed by atoms with Crippen LogP contribution in [0.3, 0.4) is 0 Å². The molecule has 0 unspecified atom stereocenters. The molecule has 2 aliphatic heterocycles. The van der Waals surface area contributed by atoms with Gasteiger partial charge >= 0.3 is 0 Å². The van der Waals surface area contributed by atoms with Crippen LogP contribution in [0.25, 0.3) is 0 Å². The molecule has 0 aliphatic carbocycles. The summed E-state index contributed by atoms with van der Waals surface area (Å²) in [5.74, 6) is -0.348. The Balaban J connectivity index is 0.946. The van der Waals surface area contributed by atoms with Crippen molar-refractivity contribution < 1.29 is 9.59 Å². The van der Waals surface area contributed by atoms with Crippen LogP contribution in [0.5, 0.6) is 0 Å². The van der Waals surface area contributed by atoms with Crippen molar-refractivity contribution in [2.75, 3.05) is 9.80 Å². The van der Waals surface area contributed by atoms with Crippen molar-refractivity contribution in [3.05, 3.63) is 209 Å². The zero-order chi connectivity index (χ0) is 37.2. The van der Waals surface area contributed by atoms with E-state index < -0.39 is 0 Å². The number of para-hydroxylation sites is 4. The van der Waals surface area contributed by atoms with Crippen molar-refractivity contribution >= 4 is 45.7 Å². The molecule has 2 aliphatic rings. The fourth-order valence-electron chi connectivity index (χ4n) is 8.40. The van der Waals surface area contributed by atoms with Crippen LogP contribution in [-0.4, -0.2) is 16.6 Å². The lowest BCUT2D eigenvalue weighted by atomic mass is 9.73. The Kier molecular flexibility index (Phi) is 7.71. The second kappa shape index (κ2) is 12.5. The van der Waals surface area contributed by atoms with Crippen molar-refractivity contribution in [1.82, 2.24) is 4.98 Å². The van der Waals surface area contributed by atoms with Gasteiger partial charge in [0.2, 0.25) is 5.78 Å². The van der Waals surface area contributed by atoms with Gasteiger partial charge in [-0.2, -0.15) is 0 Å². The first-order valence-corrected chi connectivity index (χ1v) is 18.4. The lowest BCUT2D eigenvalue weighted by molar-refractivity contribution is 0.102. The Labute approximate surface area is 316 Å². The van der Waals surface area contributed by atoms with E-state index in [9.17, 15) is 9.59 Å². The lowest BCUT2D eigenvalue weighted by Crippen LogP contribution is -2.30. The molecule has 0 radical (unpaired) electrons. The second-order valence-electron chi connectivity index (χ2n) is 15.2. The predicted octanol–water partition coefficient (Wildman–Crippen LogP) is 11.8. The molecule has 0 saturated carbocycles. The molecule has 5 nitrogen and oxygen atoms in total. The maximum Gasteiger partial charge on any atom is 0.211 e. The molecular weight excluding hydrogens is 663 g/mol. The molecule has 0 saturated heterocycles. The van der Waals surface area contributed by atoms with Crippen molar-refractivity contribution in [2.45, 2.75) is 38.5 Å². The van der Waals surface area contributed by atoms with Crippen LogP contribution in [0.4, 0.5) is 34.1 Å². The molecular formula is C49H39N3O2. The number of hydrogen-bond donors (Lipinski definition) is 0. The molecule has 0 spiro atoms. The summed E-state index contributed by atoms with van der Waals surface area (Å²) in [7, 11) is 0. The summed E-state index contributed by atoms with van der Waals surface area (Å²) < 4.78 is 0. The van der Waals surface area contributed by atoms with Gasteiger partial charge in [-0.15, -0.1) is 0 Å². The first kappa shape index (κ1) is 33.3. The SMILES string of the molecule is CC1(C)c2ccccc2N(c2ccc(C(=O)c3ccc(C(=O)c4ccc(N5c6ccccc6C(C)(C)c6ccccc65)cc4)nc3)cc2)c2ccccc21. The Hall–Kier alpha value is -6.59. The second-order valence-corrected chi connectivity index (χ2v) is 15.2. The number of rotatable bonds is 6. The van der Waals surface area contributed by atoms with E-state index in [0.717, 1.165) is 34.1 Å². The maximum atomic E-state index is 13.6. The summed E-state index contributed by atoms with van der Waals surface area (Å²) in [5.41, 5.74) is 13.0. The van der Waals surface area contributed by atoms with E-state index in [1.54, 1.807) is 12.1 Å². The minimum atomic E-state index is -0.198. The number of fused-ring (bicyclic) bond motifs is 4. The number of anilines is 6. The molecule has 3 heterocycles. The number of pyridine rings is 1. The Morgan fingerprint density at radius 1 is 0.407 bits per heavy atom. The summed E-state index contributed by atoms with van der Waals surface area (Å²) in [6, 6.07) is 52.8. The van der Waals surface area contributed by atoms with Gasteiger partial charge in [0.25, 0.3) is 0 Å². The summed E-state index contributed by atoms with van der Waals surface area (Å²) in [4.78, 5) is 36.2. The Morgan fingerprint density at radius 2 is 0.741 bits per heavy atom. The van der Waals surface area contributed by atoms with Gasteiger partial charge in [0, 0.05) is 45.1 Å². The highest BCUT2D eigenvalue weighted by Crippen LogP contribution is 2.53. The maximum absolute atomic E-state index is 13.6. The summed E-state index contributed by atoms with van der Waals surface area (Å²) in [6.45, 7) is 9.06. The number of benzene rings is 6. The highest BCUT2D eigenvalue weighted by molar-refractivity contribution is 6.11. The van der Waals surface area contributed by atoms with Crippen molar-refractivity contribution in [1.29, 1.82) is 0 Å². The average molecular weight is 702 g/mol. The number of carbonyl (C=O) groups is 2. The van der Waals surface area contributed by atoms with E-state index in [2.05, 4.69) is 140 Å². The number of nitrogens with zero attached hydrogens (tertiary/aromatic N) is 3. The minimum absolute atomic E-state index is 0.145. The van der Waals surface area contributed by atoms with Gasteiger partial charge in [-0.05, 0) is 107 Å². The first-order valence-electron chi connectivity index (χ1n) is 18.4. The first-order chi connectivity index (χ1) is 26.1. The molecule has 54 heavy (non-hydrogen) atoms. The molecule has 9 rings (SSSR count). The zero-order valence-corrected chi connectivity index (χ0v) is 30.7. The normalized spacial score (nSPS) is 14.7. The minimum Gasteiger partial charge on any atom is -0.310 e. The quantitative estimate of drug-likeness (QED) is 0.162. The summed E-state index contributed by atoms with van der Waals surface area (Å²) >= 11 is 0. The van der Waals surface area contributed by atoms with Crippen molar-refractivity contribution in [2.24, 2.45) is 0 Å². The van der Waals surface area contributed by atoms with Gasteiger partial charge in [0.1, 0.15) is 5.69 Å². The van der Waals surface area contributed by atoms with Crippen molar-refractivity contribution in [3.8, 4) is 0 Å². The average Bonchev–Trinajstić information content (AvgIpc) is 3.21. The smallest absolute Gasteiger partial charge is 0.211 e. The number of carbonyl (C=O) groups excluding carboxylic acids is 2. The summed E-state index contributed by atoms with van der Waals surface area (Å²) in [5, 5.41) is 0. The van der Waals surface area contributed by atoms with E-state index in [0.29, 0.717) is 16.7 Å². The van der Waals surface area contributed by atoms with Crippen molar-refractivity contribution in [3.63, 3.8) is 0 Å². The van der Waals surface area contributed by atoms with Crippen LogP contribution in [-0.2, 0) is 10.8 Å². The standard InChI is InChI=1S/C49H39N3O2/c1-48(2)37-13-5-9-17-42(37)51(43-18-10-6-14-38(43)48)35-26-21-32(22-27-35)46(53)34-25-30-41(50-31-34)47(54)33-23-28-36(29-24-33)52-44-19-11-7-15-39(44)49(3,4)40-16-8-12-20-45(40)52/h5-31H,1-4H3. The summed E-state index contributed by atoms with van der Waals surface area (Å²) in [6.07, 6.45) is 1.50. The van der Waals surface area contributed by atoms with Gasteiger partial charge in [-0.25, -0.2) is 0 Å². The molecule has 0 atom stereocenters. The van der Waals surface area contributed by atoms with Gasteiger partial charge in [0.15, 0.2) is 5.78 Å². The molecule has 0 fully saturated rings. The molecule has 6 aromatic carbocycles. The van der Waals surface area contributed by atoms with Crippen LogP contribution in [0.1, 0.15) is 81.9 Å². The monoisotopic (exact) mass is 701 g/mol. The topological polar surface area (TPSA) is 53.5 Å². The van der Waals surface area contributed by atoms with Crippen LogP contribution in [0.15, 0.2) is 164 Å². The van der Waals surface area contributed by atoms with Gasteiger partial charge in [-0.3, -0.25) is 14.6 Å². The van der Waals surface area contributed by atoms with Gasteiger partial charge < -0.3 is 9.80 Å². The zero-order valence-electron chi connectivity index (χ0n) is 30.7. The van der Waals surface area contributed by atoms with E-state index in [1.807, 2.05) is 48.5 Å². The van der Waals surface area contributed by atoms with Crippen LogP contribution < -0.4 is 9.80 Å². The molecule has 7 aromatic rings. The fourth-order valence-corrected chi connectivity index (χ4v) is 8.40. The van der Waals surface area contributed by atoms with E-state index in [-0.39, 0.29) is 28.1 Å². The molecule has 0 amide bonds. The molecule has 5 heteroatoms. The van der Waals surface area contributed by atoms with E-state index in [4.69, 9.17) is 0 Å². The number of ketones is 2. The van der Waals surface area contributed by atoms with Crippen LogP contribution in [0.2, 0.25) is 0 Å². The third-order valence-corrected chi connectivity index (χ3v) is 11.3. The highest BCUT2D eigenvalue weighted by atomic mass is 16.1. The highest BCUT2D eigenvalue weighted by Gasteiger charge is 2.37. The van der Waals surface area contributed by atoms with E-state index in [1.165, 1.54) is 28.5 Å². The third-order valence-electron chi connectivity index (χ3n) is 11.3. The molecule has 1 aromatic heterocycles. The molecule has 0 bridgehead atoms. The third kappa shape index (κ3) is 5.19. The molecule has 0 N–H and O–H groups in total. The Morgan fingerprint density at radius 3 is 1.09 bits per heavy atom. The lowest BCUT2D eigenvalue weighted by Gasteiger charge is -2.42. The van der Waals surface area contributed by atoms with Crippen LogP contribution >= 0.6 is 0 Å². The number of aromatic nitrogens is 1. The molecule has 262 valence electrons. The number of hydrogen-bond acceptors (Lipinski definition) is 5. The largest absolute Gasteiger partial charge is 0.310 e. The Bertz CT molecular complexity index is 2310. The van der Waals surface area contributed by atoms with Gasteiger partial charge in [-0.1, -0.05) is 100 Å². The fraction of sp³-hybridized carbons (Fsp3) is 0.122. The van der Waals surface area contributed by atoms with Crippen LogP contribution in [0, 0.1) is 0 Å². The predicted molar refractivity (Wildman–Crippen MR) is 218 cm³/mol.